The largest absolute Gasteiger partial charge is 0.433 e. The molecule has 0 saturated carbocycles. The van der Waals surface area contributed by atoms with Crippen molar-refractivity contribution in [2.45, 2.75) is 13.1 Å². The highest BCUT2D eigenvalue weighted by Crippen LogP contribution is 2.29. The molecule has 78 valence electrons. The smallest absolute Gasteiger partial charge is 0.243 e. The first kappa shape index (κ1) is 9.96. The van der Waals surface area contributed by atoms with Gasteiger partial charge in [0.15, 0.2) is 0 Å². The fraction of sp³-hybridized carbons (Fsp3) is 0.182. The zero-order valence-corrected chi connectivity index (χ0v) is 7.97. The summed E-state index contributed by atoms with van der Waals surface area (Å²) >= 11 is 0. The lowest BCUT2D eigenvalue weighted by molar-refractivity contribution is -0.140. The van der Waals surface area contributed by atoms with Gasteiger partial charge in [-0.2, -0.15) is 13.2 Å². The molecule has 0 spiro atoms. The van der Waals surface area contributed by atoms with E-state index in [1.54, 1.807) is 12.1 Å². The topological polar surface area (TPSA) is 12.9 Å². The highest BCUT2D eigenvalue weighted by molar-refractivity contribution is 5.82. The van der Waals surface area contributed by atoms with Gasteiger partial charge in [-0.05, 0) is 24.6 Å². The Bertz CT molecular complexity index is 503. The molecule has 0 amide bonds. The van der Waals surface area contributed by atoms with Gasteiger partial charge in [-0.25, -0.2) is 4.98 Å². The van der Waals surface area contributed by atoms with Gasteiger partial charge < -0.3 is 0 Å². The molecule has 0 radical (unpaired) electrons. The third kappa shape index (κ3) is 1.79. The molecule has 1 heterocycles. The Labute approximate surface area is 84.6 Å². The first-order chi connectivity index (χ1) is 6.98. The number of halogens is 3. The zero-order chi connectivity index (χ0) is 11.1. The van der Waals surface area contributed by atoms with E-state index < -0.39 is 11.9 Å². The number of aromatic nitrogens is 1. The minimum absolute atomic E-state index is 0.379. The summed E-state index contributed by atoms with van der Waals surface area (Å²) in [5.41, 5.74) is 0.458. The van der Waals surface area contributed by atoms with Crippen LogP contribution >= 0.6 is 0 Å². The first-order valence-corrected chi connectivity index (χ1v) is 4.42. The quantitative estimate of drug-likeness (QED) is 0.649. The molecule has 0 bridgehead atoms. The van der Waals surface area contributed by atoms with Crippen LogP contribution in [0.3, 0.4) is 0 Å². The van der Waals surface area contributed by atoms with E-state index in [4.69, 9.17) is 0 Å². The van der Waals surface area contributed by atoms with Crippen LogP contribution in [0, 0.1) is 6.92 Å². The van der Waals surface area contributed by atoms with Gasteiger partial charge in [0.25, 0.3) is 0 Å². The molecular formula is C11H8F3N. The summed E-state index contributed by atoms with van der Waals surface area (Å²) in [5, 5.41) is 0.755. The summed E-state index contributed by atoms with van der Waals surface area (Å²) in [6, 6.07) is 7.59. The van der Waals surface area contributed by atoms with E-state index >= 15 is 0 Å². The number of nitrogens with zero attached hydrogens (tertiary/aromatic N) is 1. The molecule has 0 atom stereocenters. The van der Waals surface area contributed by atoms with E-state index in [1.165, 1.54) is 6.07 Å². The fourth-order valence-corrected chi connectivity index (χ4v) is 1.47. The number of fused-ring (bicyclic) bond motifs is 1. The minimum Gasteiger partial charge on any atom is -0.243 e. The van der Waals surface area contributed by atoms with Crippen molar-refractivity contribution in [3.63, 3.8) is 0 Å². The summed E-state index contributed by atoms with van der Waals surface area (Å²) in [4.78, 5) is 3.58. The number of rotatable bonds is 0. The summed E-state index contributed by atoms with van der Waals surface area (Å²) in [6.07, 6.45) is -4.38. The van der Waals surface area contributed by atoms with Crippen molar-refractivity contribution >= 4 is 10.9 Å². The maximum Gasteiger partial charge on any atom is 0.433 e. The molecule has 1 nitrogen and oxygen atoms in total. The van der Waals surface area contributed by atoms with E-state index in [-0.39, 0.29) is 0 Å². The molecule has 1 aromatic carbocycles. The molecule has 0 aliphatic heterocycles. The van der Waals surface area contributed by atoms with Gasteiger partial charge in [-0.1, -0.05) is 18.2 Å². The van der Waals surface area contributed by atoms with Crippen LogP contribution in [0.25, 0.3) is 10.9 Å². The zero-order valence-electron chi connectivity index (χ0n) is 7.97. The molecule has 0 fully saturated rings. The number of benzene rings is 1. The average molecular weight is 211 g/mol. The minimum atomic E-state index is -4.38. The van der Waals surface area contributed by atoms with Gasteiger partial charge in [0.05, 0.1) is 5.52 Å². The molecule has 0 aliphatic carbocycles. The van der Waals surface area contributed by atoms with Crippen LogP contribution in [-0.2, 0) is 6.18 Å². The molecule has 0 N–H and O–H groups in total. The second-order valence-electron chi connectivity index (χ2n) is 3.34. The highest BCUT2D eigenvalue weighted by Gasteiger charge is 2.32. The van der Waals surface area contributed by atoms with Crippen LogP contribution < -0.4 is 0 Å². The van der Waals surface area contributed by atoms with E-state index in [0.717, 1.165) is 17.0 Å². The molecule has 1 aromatic heterocycles. The van der Waals surface area contributed by atoms with Crippen LogP contribution in [0.15, 0.2) is 30.3 Å². The number of pyridine rings is 1. The molecular weight excluding hydrogens is 203 g/mol. The van der Waals surface area contributed by atoms with Crippen molar-refractivity contribution in [2.24, 2.45) is 0 Å². The monoisotopic (exact) mass is 211 g/mol. The van der Waals surface area contributed by atoms with Gasteiger partial charge in [0, 0.05) is 5.39 Å². The van der Waals surface area contributed by atoms with Gasteiger partial charge in [0.2, 0.25) is 0 Å². The van der Waals surface area contributed by atoms with Gasteiger partial charge >= 0.3 is 6.18 Å². The van der Waals surface area contributed by atoms with Crippen molar-refractivity contribution in [3.8, 4) is 0 Å². The number of aryl methyl sites for hydroxylation is 1. The Morgan fingerprint density at radius 3 is 2.47 bits per heavy atom. The van der Waals surface area contributed by atoms with Gasteiger partial charge in [-0.15, -0.1) is 0 Å². The van der Waals surface area contributed by atoms with Crippen LogP contribution in [0.4, 0.5) is 13.2 Å². The van der Waals surface area contributed by atoms with Crippen molar-refractivity contribution in [1.82, 2.24) is 4.98 Å². The van der Waals surface area contributed by atoms with E-state index in [9.17, 15) is 13.2 Å². The lowest BCUT2D eigenvalue weighted by atomic mass is 10.1. The summed E-state index contributed by atoms with van der Waals surface area (Å²) in [5.74, 6) is 0. The number of hydrogen-bond donors (Lipinski definition) is 0. The standard InChI is InChI=1S/C11H8F3N/c1-7-3-2-4-9-8(7)5-6-10(15-9)11(12,13)14/h2-6H,1H3. The van der Waals surface area contributed by atoms with E-state index in [2.05, 4.69) is 4.98 Å². The molecule has 0 unspecified atom stereocenters. The average Bonchev–Trinajstić information content (AvgIpc) is 2.16. The maximum absolute atomic E-state index is 12.4. The second-order valence-corrected chi connectivity index (χ2v) is 3.34. The third-order valence-electron chi connectivity index (χ3n) is 2.24. The first-order valence-electron chi connectivity index (χ1n) is 4.42. The number of alkyl halides is 3. The van der Waals surface area contributed by atoms with Crippen molar-refractivity contribution in [1.29, 1.82) is 0 Å². The Balaban J connectivity index is 2.68. The Morgan fingerprint density at radius 1 is 1.07 bits per heavy atom. The van der Waals surface area contributed by atoms with Crippen molar-refractivity contribution in [3.05, 3.63) is 41.6 Å². The number of hydrogen-bond acceptors (Lipinski definition) is 1. The SMILES string of the molecule is Cc1cccc2nc(C(F)(F)F)ccc12. The molecule has 0 aliphatic rings. The highest BCUT2D eigenvalue weighted by atomic mass is 19.4. The predicted octanol–water partition coefficient (Wildman–Crippen LogP) is 3.56. The Hall–Kier alpha value is -1.58. The summed E-state index contributed by atoms with van der Waals surface area (Å²) in [6.45, 7) is 1.84. The molecule has 15 heavy (non-hydrogen) atoms. The molecule has 0 saturated heterocycles. The van der Waals surface area contributed by atoms with Gasteiger partial charge in [-0.3, -0.25) is 0 Å². The van der Waals surface area contributed by atoms with Crippen molar-refractivity contribution < 1.29 is 13.2 Å². The predicted molar refractivity (Wildman–Crippen MR) is 51.5 cm³/mol. The van der Waals surface area contributed by atoms with Crippen molar-refractivity contribution in [2.75, 3.05) is 0 Å². The lowest BCUT2D eigenvalue weighted by Gasteiger charge is -2.07. The van der Waals surface area contributed by atoms with E-state index in [0.29, 0.717) is 5.52 Å². The van der Waals surface area contributed by atoms with Gasteiger partial charge in [0.1, 0.15) is 5.69 Å². The second kappa shape index (κ2) is 3.22. The Kier molecular flexibility index (Phi) is 2.14. The summed E-state index contributed by atoms with van der Waals surface area (Å²) in [7, 11) is 0. The lowest BCUT2D eigenvalue weighted by Crippen LogP contribution is -2.07. The molecule has 4 heteroatoms. The Morgan fingerprint density at radius 2 is 1.80 bits per heavy atom. The van der Waals surface area contributed by atoms with Crippen LogP contribution in [0.1, 0.15) is 11.3 Å². The normalized spacial score (nSPS) is 12.0. The summed E-state index contributed by atoms with van der Waals surface area (Å²) < 4.78 is 37.1. The maximum atomic E-state index is 12.4. The fourth-order valence-electron chi connectivity index (χ4n) is 1.47. The molecule has 2 rings (SSSR count). The van der Waals surface area contributed by atoms with E-state index in [1.807, 2.05) is 13.0 Å². The molecule has 2 aromatic rings. The third-order valence-corrected chi connectivity index (χ3v) is 2.24. The van der Waals surface area contributed by atoms with Crippen LogP contribution in [0.2, 0.25) is 0 Å². The van der Waals surface area contributed by atoms with Crippen LogP contribution in [0.5, 0.6) is 0 Å². The van der Waals surface area contributed by atoms with Crippen LogP contribution in [-0.4, -0.2) is 4.98 Å².